The minimum Gasteiger partial charge on any atom is -0.508 e. The van der Waals surface area contributed by atoms with Crippen LogP contribution in [0, 0.1) is 0 Å². The monoisotopic (exact) mass is 732 g/mol. The molecule has 0 atom stereocenters. The number of hydrogen-bond acceptors (Lipinski definition) is 8. The number of aromatic hydroxyl groups is 2. The van der Waals surface area contributed by atoms with Gasteiger partial charge < -0.3 is 49.4 Å². The molecule has 0 heterocycles. The van der Waals surface area contributed by atoms with Crippen molar-refractivity contribution in [1.29, 1.82) is 0 Å². The Hall–Kier alpha value is -1.44. The van der Waals surface area contributed by atoms with E-state index in [2.05, 4.69) is 0 Å². The quantitative estimate of drug-likeness (QED) is 0.104. The molecule has 0 radical (unpaired) electrons. The van der Waals surface area contributed by atoms with E-state index in [9.17, 15) is 67.6 Å². The van der Waals surface area contributed by atoms with Crippen LogP contribution in [-0.2, 0) is 31.3 Å². The summed E-state index contributed by atoms with van der Waals surface area (Å²) in [4.78, 5) is 85.6. The third-order valence-electron chi connectivity index (χ3n) is 8.73. The van der Waals surface area contributed by atoms with Gasteiger partial charge in [-0.3, -0.25) is 28.1 Å². The fourth-order valence-electron chi connectivity index (χ4n) is 6.85. The van der Waals surface area contributed by atoms with Crippen LogP contribution < -0.4 is 0 Å². The first kappa shape index (κ1) is 40.7. The van der Waals surface area contributed by atoms with Gasteiger partial charge in [-0.1, -0.05) is 64.1 Å². The number of phenolic OH excluding ortho intramolecular Hbond substituents is 2. The van der Waals surface area contributed by atoms with E-state index >= 15 is 0 Å². The maximum absolute atomic E-state index is 13.0. The van der Waals surface area contributed by atoms with Crippen LogP contribution in [0.5, 0.6) is 11.5 Å². The molecule has 46 heavy (non-hydrogen) atoms. The molecule has 10 N–H and O–H groups in total. The molecule has 0 aliphatic heterocycles. The van der Waals surface area contributed by atoms with Crippen LogP contribution in [0.3, 0.4) is 0 Å². The lowest BCUT2D eigenvalue weighted by Crippen LogP contribution is -2.72. The molecule has 0 saturated heterocycles. The van der Waals surface area contributed by atoms with Crippen LogP contribution in [0.15, 0.2) is 48.5 Å². The smallest absolute Gasteiger partial charge is 0.355 e. The van der Waals surface area contributed by atoms with Gasteiger partial charge in [0.15, 0.2) is 0 Å². The Balaban J connectivity index is 3.24. The lowest BCUT2D eigenvalue weighted by atomic mass is 9.67. The van der Waals surface area contributed by atoms with Crippen molar-refractivity contribution in [2.24, 2.45) is 0 Å². The highest BCUT2D eigenvalue weighted by Gasteiger charge is 2.65. The molecule has 0 amide bonds. The average Bonchev–Trinajstić information content (AvgIpc) is 2.90. The predicted molar refractivity (Wildman–Crippen MR) is 170 cm³/mol. The van der Waals surface area contributed by atoms with E-state index in [-0.39, 0.29) is 36.8 Å². The summed E-state index contributed by atoms with van der Waals surface area (Å²) in [6, 6.07) is 11.0. The number of hydrogen-bond donors (Lipinski definition) is 10. The van der Waals surface area contributed by atoms with Gasteiger partial charge in [-0.2, -0.15) is 0 Å². The molecule has 0 aliphatic carbocycles. The van der Waals surface area contributed by atoms with Crippen LogP contribution in [-0.4, -0.2) is 81.3 Å². The zero-order chi connectivity index (χ0) is 35.5. The van der Waals surface area contributed by atoms with Gasteiger partial charge in [0.1, 0.15) is 11.5 Å². The molecule has 20 heteroatoms. The molecular formula is C26H44N2O14P4. The Bertz CT molecular complexity index is 1370. The van der Waals surface area contributed by atoms with Crippen LogP contribution >= 0.6 is 30.4 Å². The zero-order valence-corrected chi connectivity index (χ0v) is 29.4. The molecule has 2 aromatic carbocycles. The summed E-state index contributed by atoms with van der Waals surface area (Å²) in [6.07, 6.45) is -0.938. The van der Waals surface area contributed by atoms with Crippen molar-refractivity contribution in [2.75, 3.05) is 0 Å². The third-order valence-corrected chi connectivity index (χ3v) is 15.9. The molecular weight excluding hydrogens is 688 g/mol. The van der Waals surface area contributed by atoms with E-state index in [1.807, 2.05) is 0 Å². The Morgan fingerprint density at radius 3 is 0.957 bits per heavy atom. The topological polar surface area (TPSA) is 277 Å². The van der Waals surface area contributed by atoms with E-state index in [1.54, 1.807) is 0 Å². The highest BCUT2D eigenvalue weighted by molar-refractivity contribution is 7.71. The molecule has 2 rings (SSSR count). The van der Waals surface area contributed by atoms with Crippen molar-refractivity contribution in [3.63, 3.8) is 0 Å². The highest BCUT2D eigenvalue weighted by atomic mass is 31.2. The maximum Gasteiger partial charge on any atom is 0.355 e. The first-order chi connectivity index (χ1) is 21.0. The first-order valence-electron chi connectivity index (χ1n) is 14.3. The molecule has 0 fully saturated rings. The highest BCUT2D eigenvalue weighted by Crippen LogP contribution is 2.68. The van der Waals surface area contributed by atoms with Gasteiger partial charge in [-0.15, -0.1) is 0 Å². The third kappa shape index (κ3) is 8.40. The van der Waals surface area contributed by atoms with Gasteiger partial charge >= 0.3 is 30.4 Å². The molecule has 16 nitrogen and oxygen atoms in total. The van der Waals surface area contributed by atoms with E-state index in [4.69, 9.17) is 0 Å². The van der Waals surface area contributed by atoms with Crippen molar-refractivity contribution < 1.29 is 67.6 Å². The second-order valence-corrected chi connectivity index (χ2v) is 18.5. The predicted octanol–water partition coefficient (Wildman–Crippen LogP) is 3.80. The second-order valence-electron chi connectivity index (χ2n) is 11.0. The summed E-state index contributed by atoms with van der Waals surface area (Å²) in [6.45, 7) is 4.58. The molecule has 0 bridgehead atoms. The van der Waals surface area contributed by atoms with E-state index in [1.165, 1.54) is 76.2 Å². The Morgan fingerprint density at radius 1 is 0.522 bits per heavy atom. The number of phenols is 2. The Kier molecular flexibility index (Phi) is 13.3. The molecule has 0 spiro atoms. The summed E-state index contributed by atoms with van der Waals surface area (Å²) in [7, 11) is -23.2. The fourth-order valence-corrected chi connectivity index (χ4v) is 12.6. The first-order valence-corrected chi connectivity index (χ1v) is 21.0. The zero-order valence-electron chi connectivity index (χ0n) is 25.8. The van der Waals surface area contributed by atoms with Crippen molar-refractivity contribution in [1.82, 2.24) is 9.80 Å². The second kappa shape index (κ2) is 15.0. The molecule has 0 saturated carbocycles. The van der Waals surface area contributed by atoms with Crippen molar-refractivity contribution in [3.8, 4) is 11.5 Å². The SMILES string of the molecule is CCC(CC)(N(Cc1ccccc1O)C(P(=O)(O)O)P(=O)(O)O)C(CC)(CC)N(Cc1ccccc1O)C(P(=O)(O)O)P(=O)(O)O. The molecule has 0 aromatic heterocycles. The van der Waals surface area contributed by atoms with Crippen LogP contribution in [0.1, 0.15) is 64.5 Å². The van der Waals surface area contributed by atoms with E-state index in [0.29, 0.717) is 0 Å². The van der Waals surface area contributed by atoms with Gasteiger partial charge in [-0.05, 0) is 37.8 Å². The van der Waals surface area contributed by atoms with Gasteiger partial charge in [-0.25, -0.2) is 0 Å². The Morgan fingerprint density at radius 2 is 0.761 bits per heavy atom. The largest absolute Gasteiger partial charge is 0.508 e. The molecule has 0 aliphatic rings. The normalized spacial score (nSPS) is 14.2. The summed E-state index contributed by atoms with van der Waals surface area (Å²) < 4.78 is 52.1. The fraction of sp³-hybridized carbons (Fsp3) is 0.538. The van der Waals surface area contributed by atoms with Crippen molar-refractivity contribution in [2.45, 2.75) is 88.6 Å². The maximum atomic E-state index is 13.0. The number of para-hydroxylation sites is 2. The minimum atomic E-state index is -5.80. The minimum absolute atomic E-state index is 0.0180. The van der Waals surface area contributed by atoms with Crippen LogP contribution in [0.4, 0.5) is 0 Å². The van der Waals surface area contributed by atoms with Crippen LogP contribution in [0.2, 0.25) is 0 Å². The molecule has 0 unspecified atom stereocenters. The summed E-state index contributed by atoms with van der Waals surface area (Å²) in [5, 5.41) is 21.3. The number of benzene rings is 2. The average molecular weight is 733 g/mol. The summed E-state index contributed by atoms with van der Waals surface area (Å²) in [5.74, 6) is -0.784. The van der Waals surface area contributed by atoms with Crippen molar-refractivity contribution in [3.05, 3.63) is 59.7 Å². The summed E-state index contributed by atoms with van der Waals surface area (Å²) >= 11 is 0. The summed E-state index contributed by atoms with van der Waals surface area (Å²) in [5.41, 5.74) is -9.64. The molecule has 2 aromatic rings. The lowest BCUT2D eigenvalue weighted by Gasteiger charge is -2.62. The van der Waals surface area contributed by atoms with Gasteiger partial charge in [0.2, 0.25) is 11.0 Å². The number of nitrogens with zero attached hydrogens (tertiary/aromatic N) is 2. The van der Waals surface area contributed by atoms with Gasteiger partial charge in [0.25, 0.3) is 0 Å². The van der Waals surface area contributed by atoms with Gasteiger partial charge in [0, 0.05) is 35.3 Å². The Labute approximate surface area is 267 Å². The van der Waals surface area contributed by atoms with E-state index in [0.717, 1.165) is 9.80 Å². The molecule has 262 valence electrons. The number of rotatable bonds is 17. The standard InChI is InChI=1S/C26H44N2O14P4/c1-5-25(6-2,27(17-19-13-9-11-15-21(19)29)23(43(31,32)33)44(34,35)36)26(7-3,8-4)28(18-20-14-10-12-16-22(20)30)24(45(37,38)39)46(40,41)42/h9-16,23-24,29-30H,5-8,17-18H2,1-4H3,(H2,31,32,33)(H2,34,35,36)(H2,37,38,39)(H2,40,41,42). The lowest BCUT2D eigenvalue weighted by molar-refractivity contribution is -0.0989. The van der Waals surface area contributed by atoms with E-state index < -0.39 is 77.1 Å². The van der Waals surface area contributed by atoms with Gasteiger partial charge in [0.05, 0.1) is 0 Å². The van der Waals surface area contributed by atoms with Crippen LogP contribution in [0.25, 0.3) is 0 Å². The van der Waals surface area contributed by atoms with Crippen molar-refractivity contribution >= 4 is 30.4 Å².